The van der Waals surface area contributed by atoms with Gasteiger partial charge in [-0.3, -0.25) is 0 Å². The summed E-state index contributed by atoms with van der Waals surface area (Å²) >= 11 is 1.90. The highest BCUT2D eigenvalue weighted by atomic mass is 32.2. The fourth-order valence-electron chi connectivity index (χ4n) is 2.04. The number of benzene rings is 1. The fraction of sp³-hybridized carbons (Fsp3) is 0.600. The zero-order valence-corrected chi connectivity index (χ0v) is 12.6. The van der Waals surface area contributed by atoms with Crippen molar-refractivity contribution in [2.45, 2.75) is 38.6 Å². The van der Waals surface area contributed by atoms with E-state index in [0.29, 0.717) is 0 Å². The minimum absolute atomic E-state index is 0.0278. The number of hydrogen-bond donors (Lipinski definition) is 2. The second-order valence-electron chi connectivity index (χ2n) is 4.79. The standard InChI is InChI=1S/C15H24FNOS/c1-12(14-8-7-13(16)11-15(14)18)17-9-5-3-4-6-10-19-2/h7-8,11-12,17-18H,3-6,9-10H2,1-2H3. The summed E-state index contributed by atoms with van der Waals surface area (Å²) in [4.78, 5) is 0. The van der Waals surface area contributed by atoms with Crippen LogP contribution in [0.2, 0.25) is 0 Å². The Morgan fingerprint density at radius 3 is 2.68 bits per heavy atom. The molecule has 0 radical (unpaired) electrons. The van der Waals surface area contributed by atoms with Crippen LogP contribution in [0.3, 0.4) is 0 Å². The van der Waals surface area contributed by atoms with E-state index in [2.05, 4.69) is 11.6 Å². The number of halogens is 1. The molecule has 2 nitrogen and oxygen atoms in total. The second-order valence-corrected chi connectivity index (χ2v) is 5.77. The molecule has 1 atom stereocenters. The lowest BCUT2D eigenvalue weighted by atomic mass is 10.1. The topological polar surface area (TPSA) is 32.3 Å². The fourth-order valence-corrected chi connectivity index (χ4v) is 2.53. The lowest BCUT2D eigenvalue weighted by Gasteiger charge is -2.15. The minimum Gasteiger partial charge on any atom is -0.508 e. The number of phenols is 1. The van der Waals surface area contributed by atoms with Crippen LogP contribution in [0.1, 0.15) is 44.2 Å². The second kappa shape index (κ2) is 9.21. The molecular weight excluding hydrogens is 261 g/mol. The molecule has 1 aromatic rings. The molecule has 0 bridgehead atoms. The van der Waals surface area contributed by atoms with E-state index in [1.807, 2.05) is 18.7 Å². The Hall–Kier alpha value is -0.740. The number of unbranched alkanes of at least 4 members (excludes halogenated alkanes) is 3. The third-order valence-corrected chi connectivity index (χ3v) is 3.88. The van der Waals surface area contributed by atoms with E-state index in [1.165, 1.54) is 31.1 Å². The molecule has 0 aromatic heterocycles. The monoisotopic (exact) mass is 285 g/mol. The molecule has 0 amide bonds. The molecule has 0 aliphatic rings. The molecule has 0 saturated heterocycles. The van der Waals surface area contributed by atoms with Gasteiger partial charge in [0.1, 0.15) is 11.6 Å². The van der Waals surface area contributed by atoms with Crippen LogP contribution in [0.4, 0.5) is 4.39 Å². The molecule has 4 heteroatoms. The van der Waals surface area contributed by atoms with E-state index in [1.54, 1.807) is 6.07 Å². The van der Waals surface area contributed by atoms with Crippen molar-refractivity contribution in [2.75, 3.05) is 18.6 Å². The Morgan fingerprint density at radius 1 is 1.26 bits per heavy atom. The molecule has 2 N–H and O–H groups in total. The molecule has 108 valence electrons. The summed E-state index contributed by atoms with van der Waals surface area (Å²) in [5.41, 5.74) is 0.754. The zero-order chi connectivity index (χ0) is 14.1. The molecule has 1 rings (SSSR count). The maximum Gasteiger partial charge on any atom is 0.126 e. The van der Waals surface area contributed by atoms with Crippen LogP contribution in [0, 0.1) is 5.82 Å². The Morgan fingerprint density at radius 2 is 2.00 bits per heavy atom. The van der Waals surface area contributed by atoms with Crippen molar-refractivity contribution >= 4 is 11.8 Å². The van der Waals surface area contributed by atoms with Gasteiger partial charge in [-0.15, -0.1) is 0 Å². The summed E-state index contributed by atoms with van der Waals surface area (Å²) in [6.07, 6.45) is 7.07. The molecule has 0 saturated carbocycles. The predicted molar refractivity (Wildman–Crippen MR) is 81.3 cm³/mol. The number of phenolic OH excluding ortho intramolecular Hbond substituents is 1. The number of aromatic hydroxyl groups is 1. The van der Waals surface area contributed by atoms with Crippen LogP contribution < -0.4 is 5.32 Å². The normalized spacial score (nSPS) is 12.6. The molecule has 0 aliphatic carbocycles. The van der Waals surface area contributed by atoms with E-state index in [-0.39, 0.29) is 11.8 Å². The molecule has 0 spiro atoms. The highest BCUT2D eigenvalue weighted by molar-refractivity contribution is 7.98. The molecule has 0 heterocycles. The van der Waals surface area contributed by atoms with Crippen molar-refractivity contribution in [3.8, 4) is 5.75 Å². The lowest BCUT2D eigenvalue weighted by Crippen LogP contribution is -2.20. The first-order valence-corrected chi connectivity index (χ1v) is 8.25. The molecule has 0 fully saturated rings. The smallest absolute Gasteiger partial charge is 0.126 e. The van der Waals surface area contributed by atoms with Crippen molar-refractivity contribution in [3.63, 3.8) is 0 Å². The van der Waals surface area contributed by atoms with Crippen LogP contribution in [0.25, 0.3) is 0 Å². The van der Waals surface area contributed by atoms with E-state index in [0.717, 1.165) is 24.6 Å². The van der Waals surface area contributed by atoms with E-state index in [9.17, 15) is 9.50 Å². The Labute approximate surface area is 119 Å². The van der Waals surface area contributed by atoms with Gasteiger partial charge >= 0.3 is 0 Å². The largest absolute Gasteiger partial charge is 0.508 e. The minimum atomic E-state index is -0.401. The van der Waals surface area contributed by atoms with Crippen LogP contribution in [0.15, 0.2) is 18.2 Å². The zero-order valence-electron chi connectivity index (χ0n) is 11.8. The SMILES string of the molecule is CSCCCCCCNC(C)c1ccc(F)cc1O. The third-order valence-electron chi connectivity index (χ3n) is 3.18. The molecular formula is C15H24FNOS. The quantitative estimate of drug-likeness (QED) is 0.670. The highest BCUT2D eigenvalue weighted by Gasteiger charge is 2.09. The van der Waals surface area contributed by atoms with Crippen LogP contribution >= 0.6 is 11.8 Å². The van der Waals surface area contributed by atoms with Crippen molar-refractivity contribution in [1.29, 1.82) is 0 Å². The molecule has 1 unspecified atom stereocenters. The van der Waals surface area contributed by atoms with Gasteiger partial charge in [0.25, 0.3) is 0 Å². The molecule has 19 heavy (non-hydrogen) atoms. The Bertz CT molecular complexity index is 373. The summed E-state index contributed by atoms with van der Waals surface area (Å²) < 4.78 is 12.9. The average Bonchev–Trinajstić information content (AvgIpc) is 2.37. The predicted octanol–water partition coefficient (Wildman–Crippen LogP) is 4.11. The van der Waals surface area contributed by atoms with Gasteiger partial charge in [-0.25, -0.2) is 4.39 Å². The third kappa shape index (κ3) is 6.30. The number of hydrogen-bond acceptors (Lipinski definition) is 3. The molecule has 0 aliphatic heterocycles. The van der Waals surface area contributed by atoms with Gasteiger partial charge in [0.2, 0.25) is 0 Å². The maximum absolute atomic E-state index is 12.9. The summed E-state index contributed by atoms with van der Waals surface area (Å²) in [6.45, 7) is 2.91. The van der Waals surface area contributed by atoms with Crippen molar-refractivity contribution in [2.24, 2.45) is 0 Å². The van der Waals surface area contributed by atoms with Crippen LogP contribution in [-0.2, 0) is 0 Å². The Kier molecular flexibility index (Phi) is 7.91. The van der Waals surface area contributed by atoms with E-state index < -0.39 is 5.82 Å². The van der Waals surface area contributed by atoms with Gasteiger partial charge in [-0.1, -0.05) is 18.9 Å². The van der Waals surface area contributed by atoms with E-state index in [4.69, 9.17) is 0 Å². The summed E-state index contributed by atoms with van der Waals surface area (Å²) in [7, 11) is 0. The average molecular weight is 285 g/mol. The summed E-state index contributed by atoms with van der Waals surface area (Å²) in [5, 5.41) is 13.0. The van der Waals surface area contributed by atoms with Crippen LogP contribution in [-0.4, -0.2) is 23.7 Å². The number of rotatable bonds is 9. The van der Waals surface area contributed by atoms with Gasteiger partial charge in [-0.2, -0.15) is 11.8 Å². The van der Waals surface area contributed by atoms with Gasteiger partial charge in [-0.05, 0) is 44.4 Å². The first-order valence-electron chi connectivity index (χ1n) is 6.86. The van der Waals surface area contributed by atoms with Gasteiger partial charge in [0.05, 0.1) is 0 Å². The van der Waals surface area contributed by atoms with Gasteiger partial charge < -0.3 is 10.4 Å². The molecule has 1 aromatic carbocycles. The van der Waals surface area contributed by atoms with Crippen molar-refractivity contribution in [1.82, 2.24) is 5.32 Å². The van der Waals surface area contributed by atoms with Crippen LogP contribution in [0.5, 0.6) is 5.75 Å². The Balaban J connectivity index is 2.22. The van der Waals surface area contributed by atoms with Crippen molar-refractivity contribution in [3.05, 3.63) is 29.6 Å². The van der Waals surface area contributed by atoms with Gasteiger partial charge in [0.15, 0.2) is 0 Å². The number of thioether (sulfide) groups is 1. The maximum atomic E-state index is 12.9. The summed E-state index contributed by atoms with van der Waals surface area (Å²) in [5.74, 6) is 0.870. The van der Waals surface area contributed by atoms with Gasteiger partial charge in [0, 0.05) is 17.7 Å². The highest BCUT2D eigenvalue weighted by Crippen LogP contribution is 2.24. The number of nitrogens with one attached hydrogen (secondary N) is 1. The first kappa shape index (κ1) is 16.3. The van der Waals surface area contributed by atoms with E-state index >= 15 is 0 Å². The summed E-state index contributed by atoms with van der Waals surface area (Å²) in [6, 6.07) is 4.23. The first-order chi connectivity index (χ1) is 9.15. The van der Waals surface area contributed by atoms with Crippen molar-refractivity contribution < 1.29 is 9.50 Å². The lowest BCUT2D eigenvalue weighted by molar-refractivity contribution is 0.445.